The second kappa shape index (κ2) is 6.27. The fraction of sp³-hybridized carbons (Fsp3) is 0.500. The average Bonchev–Trinajstić information content (AvgIpc) is 2.67. The number of hydrogen-bond donors (Lipinski definition) is 2. The summed E-state index contributed by atoms with van der Waals surface area (Å²) in [5, 5.41) is 5.94. The Labute approximate surface area is 126 Å². The van der Waals surface area contributed by atoms with E-state index in [0.29, 0.717) is 15.7 Å². The Bertz CT molecular complexity index is 547. The molecule has 0 aliphatic heterocycles. The molecule has 1 aromatic rings. The minimum Gasteiger partial charge on any atom is -0.465 e. The average molecular weight is 315 g/mol. The number of thiazole rings is 1. The third-order valence-corrected chi connectivity index (χ3v) is 3.55. The molecule has 1 rings (SSSR count). The first-order valence-electron chi connectivity index (χ1n) is 5.83. The van der Waals surface area contributed by atoms with Crippen LogP contribution in [-0.2, 0) is 9.53 Å². The zero-order chi connectivity index (χ0) is 15.5. The van der Waals surface area contributed by atoms with Gasteiger partial charge in [0.25, 0.3) is 0 Å². The number of aryl methyl sites for hydroxylation is 1. The lowest BCUT2D eigenvalue weighted by Crippen LogP contribution is -2.41. The van der Waals surface area contributed by atoms with Crippen LogP contribution in [0.5, 0.6) is 0 Å². The zero-order valence-electron chi connectivity index (χ0n) is 12.0. The van der Waals surface area contributed by atoms with E-state index in [1.165, 1.54) is 7.11 Å². The molecule has 0 aliphatic carbocycles. The Morgan fingerprint density at radius 1 is 1.35 bits per heavy atom. The predicted octanol–water partition coefficient (Wildman–Crippen LogP) is 2.10. The number of rotatable bonds is 2. The molecule has 0 aromatic carbocycles. The number of aromatic nitrogens is 1. The number of anilines is 1. The number of carbonyl (C=O) groups is 2. The van der Waals surface area contributed by atoms with E-state index in [1.807, 2.05) is 0 Å². The van der Waals surface area contributed by atoms with Crippen molar-refractivity contribution in [1.82, 2.24) is 10.3 Å². The van der Waals surface area contributed by atoms with Gasteiger partial charge in [-0.1, -0.05) is 32.1 Å². The molecule has 0 radical (unpaired) electrons. The summed E-state index contributed by atoms with van der Waals surface area (Å²) in [6.07, 6.45) is 0. The molecule has 20 heavy (non-hydrogen) atoms. The van der Waals surface area contributed by atoms with Gasteiger partial charge in [0.05, 0.1) is 12.8 Å². The molecular weight excluding hydrogens is 298 g/mol. The minimum absolute atomic E-state index is 0.148. The summed E-state index contributed by atoms with van der Waals surface area (Å²) in [6, 6.07) is 0. The van der Waals surface area contributed by atoms with Crippen LogP contribution in [0.25, 0.3) is 0 Å². The Kier molecular flexibility index (Phi) is 5.18. The van der Waals surface area contributed by atoms with Gasteiger partial charge >= 0.3 is 5.97 Å². The van der Waals surface area contributed by atoms with Crippen LogP contribution < -0.4 is 10.6 Å². The molecule has 1 aromatic heterocycles. The highest BCUT2D eigenvalue weighted by Gasteiger charge is 2.22. The lowest BCUT2D eigenvalue weighted by Gasteiger charge is -2.17. The third-order valence-electron chi connectivity index (χ3n) is 2.30. The number of esters is 1. The van der Waals surface area contributed by atoms with E-state index in [1.54, 1.807) is 27.7 Å². The third kappa shape index (κ3) is 4.24. The van der Waals surface area contributed by atoms with Crippen LogP contribution in [0.3, 0.4) is 0 Å². The van der Waals surface area contributed by atoms with E-state index >= 15 is 0 Å². The highest BCUT2D eigenvalue weighted by atomic mass is 32.1. The maximum absolute atomic E-state index is 11.8. The molecule has 6 nitrogen and oxygen atoms in total. The van der Waals surface area contributed by atoms with Gasteiger partial charge in [0.2, 0.25) is 5.91 Å². The quantitative estimate of drug-likeness (QED) is 0.642. The van der Waals surface area contributed by atoms with Gasteiger partial charge in [0.1, 0.15) is 4.88 Å². The number of hydrogen-bond acceptors (Lipinski definition) is 6. The minimum atomic E-state index is -0.540. The molecule has 0 unspecified atom stereocenters. The highest BCUT2D eigenvalue weighted by Crippen LogP contribution is 2.23. The molecule has 0 bridgehead atoms. The molecule has 110 valence electrons. The molecule has 0 saturated heterocycles. The number of carbonyl (C=O) groups excluding carboxylic acids is 2. The monoisotopic (exact) mass is 315 g/mol. The van der Waals surface area contributed by atoms with Gasteiger partial charge in [-0.15, -0.1) is 0 Å². The summed E-state index contributed by atoms with van der Waals surface area (Å²) in [7, 11) is 1.31. The van der Waals surface area contributed by atoms with Gasteiger partial charge in [-0.3, -0.25) is 4.79 Å². The van der Waals surface area contributed by atoms with E-state index in [-0.39, 0.29) is 11.0 Å². The SMILES string of the molecule is COC(=O)c1sc(NC(=S)NC(=O)C(C)(C)C)nc1C. The molecule has 2 N–H and O–H groups in total. The van der Waals surface area contributed by atoms with Crippen molar-refractivity contribution in [3.8, 4) is 0 Å². The Morgan fingerprint density at radius 3 is 2.45 bits per heavy atom. The van der Waals surface area contributed by atoms with Crippen molar-refractivity contribution in [3.05, 3.63) is 10.6 Å². The van der Waals surface area contributed by atoms with Gasteiger partial charge in [-0.2, -0.15) is 0 Å². The summed E-state index contributed by atoms with van der Waals surface area (Å²) in [5.41, 5.74) is 0.0103. The molecular formula is C12H17N3O3S2. The second-order valence-corrected chi connectivity index (χ2v) is 6.49. The maximum Gasteiger partial charge on any atom is 0.350 e. The molecule has 8 heteroatoms. The van der Waals surface area contributed by atoms with Gasteiger partial charge < -0.3 is 15.4 Å². The van der Waals surface area contributed by atoms with Crippen LogP contribution in [0, 0.1) is 12.3 Å². The van der Waals surface area contributed by atoms with E-state index in [9.17, 15) is 9.59 Å². The number of nitrogens with zero attached hydrogens (tertiary/aromatic N) is 1. The van der Waals surface area contributed by atoms with Crippen molar-refractivity contribution in [1.29, 1.82) is 0 Å². The molecule has 0 atom stereocenters. The van der Waals surface area contributed by atoms with Crippen LogP contribution in [0.2, 0.25) is 0 Å². The molecule has 1 heterocycles. The molecule has 0 saturated carbocycles. The van der Waals surface area contributed by atoms with E-state index < -0.39 is 11.4 Å². The molecule has 0 fully saturated rings. The van der Waals surface area contributed by atoms with Crippen molar-refractivity contribution in [2.24, 2.45) is 5.41 Å². The predicted molar refractivity (Wildman–Crippen MR) is 82.0 cm³/mol. The number of amides is 1. The van der Waals surface area contributed by atoms with Crippen molar-refractivity contribution < 1.29 is 14.3 Å². The lowest BCUT2D eigenvalue weighted by molar-refractivity contribution is -0.126. The second-order valence-electron chi connectivity index (χ2n) is 5.08. The highest BCUT2D eigenvalue weighted by molar-refractivity contribution is 7.80. The Hall–Kier alpha value is -1.54. The van der Waals surface area contributed by atoms with Gasteiger partial charge in [0, 0.05) is 5.41 Å². The van der Waals surface area contributed by atoms with E-state index in [0.717, 1.165) is 11.3 Å². The standard InChI is InChI=1S/C12H17N3O3S2/c1-6-7(8(16)18-5)20-11(13-6)15-10(19)14-9(17)12(2,3)4/h1-5H3,(H2,13,14,15,17,19). The van der Waals surface area contributed by atoms with E-state index in [2.05, 4.69) is 20.4 Å². The topological polar surface area (TPSA) is 80.3 Å². The Balaban J connectivity index is 2.73. The summed E-state index contributed by atoms with van der Waals surface area (Å²) < 4.78 is 4.65. The lowest BCUT2D eigenvalue weighted by atomic mass is 9.96. The van der Waals surface area contributed by atoms with Crippen molar-refractivity contribution >= 4 is 45.7 Å². The number of nitrogens with one attached hydrogen (secondary N) is 2. The summed E-state index contributed by atoms with van der Waals surface area (Å²) >= 11 is 6.15. The van der Waals surface area contributed by atoms with Crippen molar-refractivity contribution in [3.63, 3.8) is 0 Å². The molecule has 0 spiro atoms. The van der Waals surface area contributed by atoms with E-state index in [4.69, 9.17) is 12.2 Å². The van der Waals surface area contributed by atoms with Crippen LogP contribution in [-0.4, -0.2) is 29.1 Å². The first-order chi connectivity index (χ1) is 9.15. The van der Waals surface area contributed by atoms with Crippen LogP contribution in [0.4, 0.5) is 5.13 Å². The number of thiocarbonyl (C=S) groups is 1. The summed E-state index contributed by atoms with van der Waals surface area (Å²) in [4.78, 5) is 27.8. The fourth-order valence-corrected chi connectivity index (χ4v) is 2.29. The van der Waals surface area contributed by atoms with Gasteiger partial charge in [0.15, 0.2) is 10.2 Å². The normalized spacial score (nSPS) is 10.8. The van der Waals surface area contributed by atoms with Crippen molar-refractivity contribution in [2.45, 2.75) is 27.7 Å². The fourth-order valence-electron chi connectivity index (χ4n) is 1.15. The molecule has 1 amide bonds. The largest absolute Gasteiger partial charge is 0.465 e. The van der Waals surface area contributed by atoms with Crippen LogP contribution in [0.1, 0.15) is 36.1 Å². The molecule has 0 aliphatic rings. The first kappa shape index (κ1) is 16.5. The smallest absolute Gasteiger partial charge is 0.350 e. The summed E-state index contributed by atoms with van der Waals surface area (Å²) in [5.74, 6) is -0.644. The first-order valence-corrected chi connectivity index (χ1v) is 7.05. The van der Waals surface area contributed by atoms with Crippen LogP contribution in [0.15, 0.2) is 0 Å². The Morgan fingerprint density at radius 2 is 1.95 bits per heavy atom. The van der Waals surface area contributed by atoms with Gasteiger partial charge in [-0.05, 0) is 19.1 Å². The summed E-state index contributed by atoms with van der Waals surface area (Å²) in [6.45, 7) is 7.06. The maximum atomic E-state index is 11.8. The number of methoxy groups -OCH3 is 1. The van der Waals surface area contributed by atoms with Crippen molar-refractivity contribution in [2.75, 3.05) is 12.4 Å². The van der Waals surface area contributed by atoms with Gasteiger partial charge in [-0.25, -0.2) is 9.78 Å². The zero-order valence-corrected chi connectivity index (χ0v) is 13.6. The van der Waals surface area contributed by atoms with Crippen LogP contribution >= 0.6 is 23.6 Å². The number of ether oxygens (including phenoxy) is 1.